The van der Waals surface area contributed by atoms with Crippen LogP contribution in [0.5, 0.6) is 5.75 Å². The molecule has 2 aromatic rings. The van der Waals surface area contributed by atoms with Gasteiger partial charge in [-0.3, -0.25) is 0 Å². The monoisotopic (exact) mass is 297 g/mol. The Morgan fingerprint density at radius 2 is 1.95 bits per heavy atom. The van der Waals surface area contributed by atoms with Gasteiger partial charge in [-0.1, -0.05) is 23.7 Å². The summed E-state index contributed by atoms with van der Waals surface area (Å²) in [6, 6.07) is 8.11. The Labute approximate surface area is 121 Å². The maximum atomic E-state index is 13.6. The number of benzene rings is 2. The van der Waals surface area contributed by atoms with Gasteiger partial charge in [-0.15, -0.1) is 0 Å². The molecule has 0 saturated heterocycles. The molecule has 0 fully saturated rings. The van der Waals surface area contributed by atoms with Gasteiger partial charge in [0.15, 0.2) is 0 Å². The SMILES string of the molecule is CC(NCc1ccc(O)c(Cl)c1)c1ccc(F)cc1F. The molecule has 2 rings (SSSR count). The summed E-state index contributed by atoms with van der Waals surface area (Å²) in [4.78, 5) is 0. The first-order chi connectivity index (χ1) is 9.47. The second-order valence-corrected chi connectivity index (χ2v) is 4.96. The van der Waals surface area contributed by atoms with Crippen LogP contribution in [0.1, 0.15) is 24.1 Å². The molecular weight excluding hydrogens is 284 g/mol. The van der Waals surface area contributed by atoms with Crippen LogP contribution in [-0.4, -0.2) is 5.11 Å². The molecular formula is C15H14ClF2NO. The summed E-state index contributed by atoms with van der Waals surface area (Å²) in [6.07, 6.45) is 0. The van der Waals surface area contributed by atoms with E-state index in [-0.39, 0.29) is 16.8 Å². The van der Waals surface area contributed by atoms with E-state index in [4.69, 9.17) is 11.6 Å². The molecule has 2 nitrogen and oxygen atoms in total. The molecule has 106 valence electrons. The summed E-state index contributed by atoms with van der Waals surface area (Å²) >= 11 is 5.81. The molecule has 2 N–H and O–H groups in total. The van der Waals surface area contributed by atoms with E-state index in [0.29, 0.717) is 12.1 Å². The number of aromatic hydroxyl groups is 1. The first-order valence-corrected chi connectivity index (χ1v) is 6.51. The number of phenols is 1. The van der Waals surface area contributed by atoms with Crippen LogP contribution in [-0.2, 0) is 6.54 Å². The zero-order valence-electron chi connectivity index (χ0n) is 10.8. The van der Waals surface area contributed by atoms with E-state index >= 15 is 0 Å². The van der Waals surface area contributed by atoms with Gasteiger partial charge in [-0.05, 0) is 30.7 Å². The van der Waals surface area contributed by atoms with Crippen molar-refractivity contribution in [2.45, 2.75) is 19.5 Å². The fourth-order valence-electron chi connectivity index (χ4n) is 1.89. The fourth-order valence-corrected chi connectivity index (χ4v) is 2.10. The maximum Gasteiger partial charge on any atom is 0.134 e. The molecule has 0 bridgehead atoms. The summed E-state index contributed by atoms with van der Waals surface area (Å²) < 4.78 is 26.5. The van der Waals surface area contributed by atoms with Gasteiger partial charge in [-0.25, -0.2) is 8.78 Å². The third-order valence-electron chi connectivity index (χ3n) is 3.05. The van der Waals surface area contributed by atoms with Gasteiger partial charge in [-0.2, -0.15) is 0 Å². The molecule has 5 heteroatoms. The Bertz CT molecular complexity index is 619. The topological polar surface area (TPSA) is 32.3 Å². The average Bonchev–Trinajstić information content (AvgIpc) is 2.40. The van der Waals surface area contributed by atoms with Crippen LogP contribution >= 0.6 is 11.6 Å². The number of rotatable bonds is 4. The van der Waals surface area contributed by atoms with Gasteiger partial charge < -0.3 is 10.4 Å². The van der Waals surface area contributed by atoms with Gasteiger partial charge >= 0.3 is 0 Å². The van der Waals surface area contributed by atoms with Crippen LogP contribution in [0.3, 0.4) is 0 Å². The molecule has 0 aliphatic rings. The van der Waals surface area contributed by atoms with Crippen molar-refractivity contribution >= 4 is 11.6 Å². The third kappa shape index (κ3) is 3.46. The van der Waals surface area contributed by atoms with Gasteiger partial charge in [0.25, 0.3) is 0 Å². The van der Waals surface area contributed by atoms with Crippen molar-refractivity contribution in [3.05, 3.63) is 64.2 Å². The highest BCUT2D eigenvalue weighted by Gasteiger charge is 2.11. The van der Waals surface area contributed by atoms with Crippen LogP contribution in [0.15, 0.2) is 36.4 Å². The van der Waals surface area contributed by atoms with Gasteiger partial charge in [0.05, 0.1) is 5.02 Å². The highest BCUT2D eigenvalue weighted by Crippen LogP contribution is 2.24. The van der Waals surface area contributed by atoms with Crippen molar-refractivity contribution in [2.24, 2.45) is 0 Å². The minimum atomic E-state index is -0.594. The van der Waals surface area contributed by atoms with Gasteiger partial charge in [0.2, 0.25) is 0 Å². The van der Waals surface area contributed by atoms with E-state index in [0.717, 1.165) is 11.6 Å². The molecule has 0 aliphatic carbocycles. The Morgan fingerprint density at radius 3 is 2.60 bits per heavy atom. The molecule has 2 aromatic carbocycles. The normalized spacial score (nSPS) is 12.4. The molecule has 1 atom stereocenters. The quantitative estimate of drug-likeness (QED) is 0.887. The Morgan fingerprint density at radius 1 is 1.20 bits per heavy atom. The summed E-state index contributed by atoms with van der Waals surface area (Å²) in [7, 11) is 0. The Balaban J connectivity index is 2.04. The van der Waals surface area contributed by atoms with Crippen LogP contribution in [0, 0.1) is 11.6 Å². The molecule has 0 radical (unpaired) electrons. The minimum Gasteiger partial charge on any atom is -0.506 e. The first kappa shape index (κ1) is 14.8. The van der Waals surface area contributed by atoms with Crippen LogP contribution in [0.4, 0.5) is 8.78 Å². The van der Waals surface area contributed by atoms with Gasteiger partial charge in [0.1, 0.15) is 17.4 Å². The highest BCUT2D eigenvalue weighted by atomic mass is 35.5. The lowest BCUT2D eigenvalue weighted by Gasteiger charge is -2.15. The van der Waals surface area contributed by atoms with E-state index in [1.807, 2.05) is 0 Å². The number of hydrogen-bond acceptors (Lipinski definition) is 2. The van der Waals surface area contributed by atoms with Crippen LogP contribution in [0.2, 0.25) is 5.02 Å². The third-order valence-corrected chi connectivity index (χ3v) is 3.36. The van der Waals surface area contributed by atoms with Crippen molar-refractivity contribution in [1.82, 2.24) is 5.32 Å². The number of nitrogens with one attached hydrogen (secondary N) is 1. The molecule has 0 aliphatic heterocycles. The van der Waals surface area contributed by atoms with Crippen molar-refractivity contribution in [3.63, 3.8) is 0 Å². The molecule has 0 aromatic heterocycles. The zero-order chi connectivity index (χ0) is 14.7. The van der Waals surface area contributed by atoms with Crippen molar-refractivity contribution in [3.8, 4) is 5.75 Å². The summed E-state index contributed by atoms with van der Waals surface area (Å²) in [5.74, 6) is -1.15. The lowest BCUT2D eigenvalue weighted by molar-refractivity contribution is 0.475. The van der Waals surface area contributed by atoms with Crippen molar-refractivity contribution in [2.75, 3.05) is 0 Å². The molecule has 0 amide bonds. The molecule has 1 unspecified atom stereocenters. The average molecular weight is 298 g/mol. The predicted molar refractivity (Wildman–Crippen MR) is 74.7 cm³/mol. The number of hydrogen-bond donors (Lipinski definition) is 2. The van der Waals surface area contributed by atoms with E-state index < -0.39 is 11.6 Å². The van der Waals surface area contributed by atoms with Crippen molar-refractivity contribution in [1.29, 1.82) is 0 Å². The molecule has 0 spiro atoms. The second-order valence-electron chi connectivity index (χ2n) is 4.55. The molecule has 0 saturated carbocycles. The van der Waals surface area contributed by atoms with E-state index in [9.17, 15) is 13.9 Å². The fraction of sp³-hybridized carbons (Fsp3) is 0.200. The number of halogens is 3. The zero-order valence-corrected chi connectivity index (χ0v) is 11.6. The van der Waals surface area contributed by atoms with E-state index in [1.54, 1.807) is 19.1 Å². The number of phenolic OH excluding ortho intramolecular Hbond substituents is 1. The van der Waals surface area contributed by atoms with Crippen LogP contribution < -0.4 is 5.32 Å². The Hall–Kier alpha value is -1.65. The summed E-state index contributed by atoms with van der Waals surface area (Å²) in [5.41, 5.74) is 1.26. The lowest BCUT2D eigenvalue weighted by atomic mass is 10.1. The largest absolute Gasteiger partial charge is 0.506 e. The molecule has 0 heterocycles. The smallest absolute Gasteiger partial charge is 0.134 e. The minimum absolute atomic E-state index is 0.0213. The van der Waals surface area contributed by atoms with Gasteiger partial charge in [0, 0.05) is 24.2 Å². The molecule has 20 heavy (non-hydrogen) atoms. The maximum absolute atomic E-state index is 13.6. The van der Waals surface area contributed by atoms with E-state index in [1.165, 1.54) is 18.2 Å². The predicted octanol–water partition coefficient (Wildman–Crippen LogP) is 4.17. The van der Waals surface area contributed by atoms with E-state index in [2.05, 4.69) is 5.32 Å². The summed E-state index contributed by atoms with van der Waals surface area (Å²) in [6.45, 7) is 2.25. The first-order valence-electron chi connectivity index (χ1n) is 6.13. The Kier molecular flexibility index (Phi) is 4.57. The standard InChI is InChI=1S/C15H14ClF2NO/c1-9(12-4-3-11(17)7-14(12)18)19-8-10-2-5-15(20)13(16)6-10/h2-7,9,19-20H,8H2,1H3. The summed E-state index contributed by atoms with van der Waals surface area (Å²) in [5, 5.41) is 12.7. The highest BCUT2D eigenvalue weighted by molar-refractivity contribution is 6.32. The van der Waals surface area contributed by atoms with Crippen molar-refractivity contribution < 1.29 is 13.9 Å². The second kappa shape index (κ2) is 6.20. The van der Waals surface area contributed by atoms with Crippen LogP contribution in [0.25, 0.3) is 0 Å². The lowest BCUT2D eigenvalue weighted by Crippen LogP contribution is -2.19.